The van der Waals surface area contributed by atoms with Crippen LogP contribution < -0.4 is 5.32 Å². The van der Waals surface area contributed by atoms with Crippen molar-refractivity contribution in [1.29, 1.82) is 0 Å². The molecule has 6 nitrogen and oxygen atoms in total. The maximum Gasteiger partial charge on any atom is 0.407 e. The maximum absolute atomic E-state index is 12.5. The molecule has 1 aromatic rings. The summed E-state index contributed by atoms with van der Waals surface area (Å²) in [7, 11) is 2.07. The van der Waals surface area contributed by atoms with Crippen molar-refractivity contribution < 1.29 is 14.3 Å². The van der Waals surface area contributed by atoms with E-state index in [1.165, 1.54) is 0 Å². The van der Waals surface area contributed by atoms with Gasteiger partial charge in [0.05, 0.1) is 0 Å². The van der Waals surface area contributed by atoms with Gasteiger partial charge in [-0.25, -0.2) is 4.79 Å². The van der Waals surface area contributed by atoms with Crippen molar-refractivity contribution in [2.75, 3.05) is 39.8 Å². The molecule has 138 valence electrons. The van der Waals surface area contributed by atoms with Crippen molar-refractivity contribution in [3.05, 3.63) is 35.4 Å². The number of hydrogen-bond acceptors (Lipinski definition) is 4. The molecule has 2 rings (SSSR count). The number of carbonyl (C=O) groups excluding carboxylic acids is 2. The molecular weight excluding hydrogens is 318 g/mol. The van der Waals surface area contributed by atoms with Crippen LogP contribution in [0.2, 0.25) is 0 Å². The summed E-state index contributed by atoms with van der Waals surface area (Å²) in [5.41, 5.74) is 1.30. The van der Waals surface area contributed by atoms with E-state index in [4.69, 9.17) is 4.74 Å². The maximum atomic E-state index is 12.5. The molecule has 1 saturated heterocycles. The van der Waals surface area contributed by atoms with Crippen LogP contribution in [-0.4, -0.2) is 67.2 Å². The SMILES string of the molecule is CN1CCN(C(=O)c2ccc(CCNC(=O)OC(C)(C)C)cc2)CC1. The fourth-order valence-electron chi connectivity index (χ4n) is 2.63. The number of amides is 2. The van der Waals surface area contributed by atoms with Crippen molar-refractivity contribution >= 4 is 12.0 Å². The van der Waals surface area contributed by atoms with Crippen LogP contribution in [0, 0.1) is 0 Å². The quantitative estimate of drug-likeness (QED) is 0.906. The Kier molecular flexibility index (Phi) is 6.42. The second-order valence-electron chi connectivity index (χ2n) is 7.47. The monoisotopic (exact) mass is 347 g/mol. The molecule has 1 fully saturated rings. The lowest BCUT2D eigenvalue weighted by Crippen LogP contribution is -2.47. The number of piperazine rings is 1. The number of nitrogens with one attached hydrogen (secondary N) is 1. The Morgan fingerprint density at radius 3 is 2.24 bits per heavy atom. The van der Waals surface area contributed by atoms with Crippen LogP contribution in [0.4, 0.5) is 4.79 Å². The van der Waals surface area contributed by atoms with E-state index < -0.39 is 11.7 Å². The van der Waals surface area contributed by atoms with Crippen LogP contribution in [0.1, 0.15) is 36.7 Å². The van der Waals surface area contributed by atoms with E-state index in [2.05, 4.69) is 17.3 Å². The first-order valence-corrected chi connectivity index (χ1v) is 8.78. The zero-order valence-corrected chi connectivity index (χ0v) is 15.7. The van der Waals surface area contributed by atoms with Gasteiger partial charge in [-0.05, 0) is 51.9 Å². The molecule has 2 amide bonds. The predicted molar refractivity (Wildman–Crippen MR) is 97.8 cm³/mol. The first-order valence-electron chi connectivity index (χ1n) is 8.78. The highest BCUT2D eigenvalue weighted by molar-refractivity contribution is 5.94. The van der Waals surface area contributed by atoms with Gasteiger partial charge in [-0.2, -0.15) is 0 Å². The number of ether oxygens (including phenoxy) is 1. The van der Waals surface area contributed by atoms with Gasteiger partial charge >= 0.3 is 6.09 Å². The summed E-state index contributed by atoms with van der Waals surface area (Å²) < 4.78 is 5.20. The van der Waals surface area contributed by atoms with Gasteiger partial charge in [0.15, 0.2) is 0 Å². The second-order valence-corrected chi connectivity index (χ2v) is 7.47. The molecule has 0 bridgehead atoms. The van der Waals surface area contributed by atoms with E-state index in [1.54, 1.807) is 0 Å². The average Bonchev–Trinajstić information content (AvgIpc) is 2.54. The molecule has 1 aliphatic rings. The summed E-state index contributed by atoms with van der Waals surface area (Å²) in [5, 5.41) is 2.74. The lowest BCUT2D eigenvalue weighted by atomic mass is 10.1. The topological polar surface area (TPSA) is 61.9 Å². The number of rotatable bonds is 4. The van der Waals surface area contributed by atoms with Crippen molar-refractivity contribution in [3.63, 3.8) is 0 Å². The Hall–Kier alpha value is -2.08. The zero-order valence-electron chi connectivity index (χ0n) is 15.7. The van der Waals surface area contributed by atoms with Crippen LogP contribution in [0.15, 0.2) is 24.3 Å². The van der Waals surface area contributed by atoms with Gasteiger partial charge in [0.1, 0.15) is 5.60 Å². The summed E-state index contributed by atoms with van der Waals surface area (Å²) in [6, 6.07) is 7.62. The van der Waals surface area contributed by atoms with E-state index in [-0.39, 0.29) is 5.91 Å². The van der Waals surface area contributed by atoms with Gasteiger partial charge in [-0.3, -0.25) is 4.79 Å². The molecule has 0 radical (unpaired) electrons. The Balaban J connectivity index is 1.79. The lowest BCUT2D eigenvalue weighted by molar-refractivity contribution is 0.0528. The molecule has 1 aliphatic heterocycles. The van der Waals surface area contributed by atoms with Crippen molar-refractivity contribution in [3.8, 4) is 0 Å². The van der Waals surface area contributed by atoms with E-state index in [0.29, 0.717) is 18.5 Å². The number of alkyl carbamates (subject to hydrolysis) is 1. The first kappa shape index (κ1) is 19.2. The third-order valence-electron chi connectivity index (χ3n) is 4.07. The number of nitrogens with zero attached hydrogens (tertiary/aromatic N) is 2. The summed E-state index contributed by atoms with van der Waals surface area (Å²) in [6.07, 6.45) is 0.289. The molecule has 0 unspecified atom stereocenters. The fourth-order valence-corrected chi connectivity index (χ4v) is 2.63. The molecule has 0 aromatic heterocycles. The Morgan fingerprint density at radius 2 is 1.68 bits per heavy atom. The molecule has 0 atom stereocenters. The molecule has 0 aliphatic carbocycles. The van der Waals surface area contributed by atoms with Gasteiger partial charge in [0, 0.05) is 38.3 Å². The number of benzene rings is 1. The molecule has 25 heavy (non-hydrogen) atoms. The summed E-state index contributed by atoms with van der Waals surface area (Å²) >= 11 is 0. The lowest BCUT2D eigenvalue weighted by Gasteiger charge is -2.32. The summed E-state index contributed by atoms with van der Waals surface area (Å²) in [6.45, 7) is 9.39. The minimum Gasteiger partial charge on any atom is -0.444 e. The standard InChI is InChI=1S/C19H29N3O3/c1-19(2,3)25-18(24)20-10-9-15-5-7-16(8-6-15)17(23)22-13-11-21(4)12-14-22/h5-8H,9-14H2,1-4H3,(H,20,24). The molecule has 1 heterocycles. The Labute approximate surface area is 150 Å². The van der Waals surface area contributed by atoms with Crippen molar-refractivity contribution in [1.82, 2.24) is 15.1 Å². The highest BCUT2D eigenvalue weighted by Crippen LogP contribution is 2.11. The van der Waals surface area contributed by atoms with Gasteiger partial charge in [-0.15, -0.1) is 0 Å². The van der Waals surface area contributed by atoms with Gasteiger partial charge < -0.3 is 19.9 Å². The van der Waals surface area contributed by atoms with Crippen molar-refractivity contribution in [2.45, 2.75) is 32.8 Å². The summed E-state index contributed by atoms with van der Waals surface area (Å²) in [5.74, 6) is 0.0894. The largest absolute Gasteiger partial charge is 0.444 e. The first-order chi connectivity index (χ1) is 11.7. The molecule has 1 N–H and O–H groups in total. The Bertz CT molecular complexity index is 585. The number of hydrogen-bond donors (Lipinski definition) is 1. The minimum atomic E-state index is -0.491. The molecular formula is C19H29N3O3. The smallest absolute Gasteiger partial charge is 0.407 e. The van der Waals surface area contributed by atoms with Crippen LogP contribution in [0.25, 0.3) is 0 Å². The number of carbonyl (C=O) groups is 2. The Morgan fingerprint density at radius 1 is 1.08 bits per heavy atom. The highest BCUT2D eigenvalue weighted by Gasteiger charge is 2.20. The van der Waals surface area contributed by atoms with Crippen molar-refractivity contribution in [2.24, 2.45) is 0 Å². The van der Waals surface area contributed by atoms with Crippen LogP contribution >= 0.6 is 0 Å². The molecule has 0 saturated carbocycles. The summed E-state index contributed by atoms with van der Waals surface area (Å²) in [4.78, 5) is 28.2. The third kappa shape index (κ3) is 6.38. The third-order valence-corrected chi connectivity index (χ3v) is 4.07. The van der Waals surface area contributed by atoms with E-state index in [0.717, 1.165) is 31.7 Å². The van der Waals surface area contributed by atoms with E-state index in [9.17, 15) is 9.59 Å². The molecule has 1 aromatic carbocycles. The molecule has 6 heteroatoms. The molecule has 0 spiro atoms. The van der Waals surface area contributed by atoms with Gasteiger partial charge in [-0.1, -0.05) is 12.1 Å². The predicted octanol–water partition coefficient (Wildman–Crippen LogP) is 2.14. The fraction of sp³-hybridized carbons (Fsp3) is 0.579. The van der Waals surface area contributed by atoms with Crippen LogP contribution in [0.3, 0.4) is 0 Å². The van der Waals surface area contributed by atoms with E-state index >= 15 is 0 Å². The second kappa shape index (κ2) is 8.34. The van der Waals surface area contributed by atoms with Crippen LogP contribution in [0.5, 0.6) is 0 Å². The van der Waals surface area contributed by atoms with Gasteiger partial charge in [0.2, 0.25) is 0 Å². The van der Waals surface area contributed by atoms with Gasteiger partial charge in [0.25, 0.3) is 5.91 Å². The number of likely N-dealkylation sites (N-methyl/N-ethyl adjacent to an activating group) is 1. The minimum absolute atomic E-state index is 0.0894. The zero-order chi connectivity index (χ0) is 18.4. The van der Waals surface area contributed by atoms with Crippen LogP contribution in [-0.2, 0) is 11.2 Å². The normalized spacial score (nSPS) is 15.8. The van der Waals surface area contributed by atoms with E-state index in [1.807, 2.05) is 49.9 Å². The highest BCUT2D eigenvalue weighted by atomic mass is 16.6. The average molecular weight is 347 g/mol.